The van der Waals surface area contributed by atoms with Crippen LogP contribution in [0.3, 0.4) is 0 Å². The lowest BCUT2D eigenvalue weighted by Crippen LogP contribution is -2.50. The van der Waals surface area contributed by atoms with E-state index in [1.54, 1.807) is 0 Å². The van der Waals surface area contributed by atoms with Crippen molar-refractivity contribution in [3.05, 3.63) is 42.1 Å². The maximum Gasteiger partial charge on any atom is 0.227 e. The van der Waals surface area contributed by atoms with E-state index >= 15 is 0 Å². The lowest BCUT2D eigenvalue weighted by molar-refractivity contribution is -0.133. The average Bonchev–Trinajstić information content (AvgIpc) is 3.00. The molecule has 3 rings (SSSR count). The van der Waals surface area contributed by atoms with Crippen LogP contribution in [0.1, 0.15) is 38.8 Å². The van der Waals surface area contributed by atoms with Gasteiger partial charge < -0.3 is 5.32 Å². The smallest absolute Gasteiger partial charge is 0.227 e. The highest BCUT2D eigenvalue weighted by atomic mass is 16.2. The van der Waals surface area contributed by atoms with Crippen molar-refractivity contribution in [3.8, 4) is 11.3 Å². The molecule has 2 heterocycles. The van der Waals surface area contributed by atoms with Crippen molar-refractivity contribution in [1.82, 2.24) is 20.0 Å². The molecule has 1 fully saturated rings. The minimum absolute atomic E-state index is 0.190. The van der Waals surface area contributed by atoms with Gasteiger partial charge in [0.15, 0.2) is 0 Å². The van der Waals surface area contributed by atoms with E-state index in [0.717, 1.165) is 56.8 Å². The summed E-state index contributed by atoms with van der Waals surface area (Å²) in [6.45, 7) is 7.54. The van der Waals surface area contributed by atoms with Gasteiger partial charge in [-0.25, -0.2) is 0 Å². The van der Waals surface area contributed by atoms with Crippen molar-refractivity contribution in [2.24, 2.45) is 12.5 Å². The van der Waals surface area contributed by atoms with Gasteiger partial charge in [0.25, 0.3) is 0 Å². The van der Waals surface area contributed by atoms with Crippen LogP contribution in [0.4, 0.5) is 0 Å². The third-order valence-electron chi connectivity index (χ3n) is 5.24. The number of rotatable bonds is 6. The Morgan fingerprint density at radius 3 is 2.81 bits per heavy atom. The molecule has 0 spiro atoms. The second-order valence-electron chi connectivity index (χ2n) is 7.64. The number of benzene rings is 1. The first-order valence-corrected chi connectivity index (χ1v) is 9.61. The van der Waals surface area contributed by atoms with E-state index in [1.807, 2.05) is 29.9 Å². The quantitative estimate of drug-likeness (QED) is 0.866. The lowest BCUT2D eigenvalue weighted by Gasteiger charge is -2.39. The molecule has 1 atom stereocenters. The van der Waals surface area contributed by atoms with E-state index < -0.39 is 0 Å². The number of nitrogens with zero attached hydrogens (tertiary/aromatic N) is 3. The molecule has 1 unspecified atom stereocenters. The molecular weight excluding hydrogens is 324 g/mol. The van der Waals surface area contributed by atoms with E-state index in [-0.39, 0.29) is 11.3 Å². The number of carbonyl (C=O) groups is 1. The molecule has 1 aliphatic rings. The summed E-state index contributed by atoms with van der Waals surface area (Å²) in [5.41, 5.74) is 3.06. The molecule has 1 aromatic heterocycles. The standard InChI is InChI=1S/C21H30N4O/c1-4-12-22-20(26)21(2)11-8-13-25(16-21)15-18-14-19(24(3)23-18)17-9-6-5-7-10-17/h5-7,9-10,14H,4,8,11-13,15-16H2,1-3H3,(H,22,26). The SMILES string of the molecule is CCCNC(=O)C1(C)CCCN(Cc2cc(-c3ccccc3)n(C)n2)C1. The Morgan fingerprint density at radius 2 is 2.08 bits per heavy atom. The van der Waals surface area contributed by atoms with Crippen molar-refractivity contribution in [2.45, 2.75) is 39.7 Å². The molecule has 0 bridgehead atoms. The van der Waals surface area contributed by atoms with Gasteiger partial charge in [-0.1, -0.05) is 37.3 Å². The van der Waals surface area contributed by atoms with Gasteiger partial charge in [-0.05, 0) is 44.4 Å². The summed E-state index contributed by atoms with van der Waals surface area (Å²) in [6, 6.07) is 12.5. The van der Waals surface area contributed by atoms with Crippen molar-refractivity contribution >= 4 is 5.91 Å². The number of hydrogen-bond acceptors (Lipinski definition) is 3. The summed E-state index contributed by atoms with van der Waals surface area (Å²) in [6.07, 6.45) is 2.98. The average molecular weight is 354 g/mol. The monoisotopic (exact) mass is 354 g/mol. The van der Waals surface area contributed by atoms with Crippen LogP contribution in [0.5, 0.6) is 0 Å². The van der Waals surface area contributed by atoms with Crippen LogP contribution in [0.25, 0.3) is 11.3 Å². The zero-order valence-electron chi connectivity index (χ0n) is 16.2. The Bertz CT molecular complexity index is 740. The minimum atomic E-state index is -0.301. The van der Waals surface area contributed by atoms with Crippen LogP contribution >= 0.6 is 0 Å². The minimum Gasteiger partial charge on any atom is -0.356 e. The molecule has 1 aromatic carbocycles. The lowest BCUT2D eigenvalue weighted by atomic mass is 9.81. The molecule has 1 saturated heterocycles. The Balaban J connectivity index is 1.68. The van der Waals surface area contributed by atoms with Crippen LogP contribution in [0.2, 0.25) is 0 Å². The molecule has 5 heteroatoms. The summed E-state index contributed by atoms with van der Waals surface area (Å²) >= 11 is 0. The summed E-state index contributed by atoms with van der Waals surface area (Å²) < 4.78 is 1.95. The summed E-state index contributed by atoms with van der Waals surface area (Å²) in [5.74, 6) is 0.190. The predicted molar refractivity (Wildman–Crippen MR) is 105 cm³/mol. The van der Waals surface area contributed by atoms with Crippen LogP contribution < -0.4 is 5.32 Å². The van der Waals surface area contributed by atoms with Crippen molar-refractivity contribution < 1.29 is 4.79 Å². The van der Waals surface area contributed by atoms with Gasteiger partial charge in [0.05, 0.1) is 16.8 Å². The van der Waals surface area contributed by atoms with Gasteiger partial charge in [0.1, 0.15) is 0 Å². The fourth-order valence-corrected chi connectivity index (χ4v) is 3.83. The maximum absolute atomic E-state index is 12.6. The third-order valence-corrected chi connectivity index (χ3v) is 5.24. The fourth-order valence-electron chi connectivity index (χ4n) is 3.83. The number of aromatic nitrogens is 2. The van der Waals surface area contributed by atoms with Crippen LogP contribution in [-0.2, 0) is 18.4 Å². The molecule has 1 amide bonds. The van der Waals surface area contributed by atoms with Crippen LogP contribution in [-0.4, -0.2) is 40.2 Å². The topological polar surface area (TPSA) is 50.2 Å². The highest BCUT2D eigenvalue weighted by molar-refractivity contribution is 5.82. The van der Waals surface area contributed by atoms with Gasteiger partial charge in [-0.3, -0.25) is 14.4 Å². The Labute approximate surface area is 156 Å². The first-order valence-electron chi connectivity index (χ1n) is 9.61. The number of amides is 1. The molecule has 0 saturated carbocycles. The van der Waals surface area contributed by atoms with Crippen LogP contribution in [0, 0.1) is 5.41 Å². The molecule has 1 N–H and O–H groups in total. The summed E-state index contributed by atoms with van der Waals surface area (Å²) in [4.78, 5) is 14.9. The first-order chi connectivity index (χ1) is 12.5. The third kappa shape index (κ3) is 4.15. The molecule has 0 radical (unpaired) electrons. The fraction of sp³-hybridized carbons (Fsp3) is 0.524. The molecule has 1 aliphatic heterocycles. The van der Waals surface area contributed by atoms with Crippen molar-refractivity contribution in [1.29, 1.82) is 0 Å². The summed E-state index contributed by atoms with van der Waals surface area (Å²) in [7, 11) is 1.99. The Kier molecular flexibility index (Phi) is 5.77. The largest absolute Gasteiger partial charge is 0.356 e. The zero-order chi connectivity index (χ0) is 18.6. The first kappa shape index (κ1) is 18.6. The van der Waals surface area contributed by atoms with E-state index in [9.17, 15) is 4.79 Å². The second kappa shape index (κ2) is 8.04. The van der Waals surface area contributed by atoms with Crippen molar-refractivity contribution in [3.63, 3.8) is 0 Å². The molecular formula is C21H30N4O. The van der Waals surface area contributed by atoms with Gasteiger partial charge in [0.2, 0.25) is 5.91 Å². The highest BCUT2D eigenvalue weighted by Gasteiger charge is 2.37. The van der Waals surface area contributed by atoms with E-state index in [0.29, 0.717) is 0 Å². The normalized spacial score (nSPS) is 20.9. The summed E-state index contributed by atoms with van der Waals surface area (Å²) in [5, 5.41) is 7.77. The van der Waals surface area contributed by atoms with Crippen LogP contribution in [0.15, 0.2) is 36.4 Å². The van der Waals surface area contributed by atoms with Gasteiger partial charge in [-0.15, -0.1) is 0 Å². The van der Waals surface area contributed by atoms with Gasteiger partial charge >= 0.3 is 0 Å². The van der Waals surface area contributed by atoms with Gasteiger partial charge in [0, 0.05) is 26.7 Å². The number of likely N-dealkylation sites (tertiary alicyclic amines) is 1. The number of piperidine rings is 1. The van der Waals surface area contributed by atoms with E-state index in [1.165, 1.54) is 5.56 Å². The Hall–Kier alpha value is -2.14. The predicted octanol–water partition coefficient (Wildman–Crippen LogP) is 3.22. The molecule has 2 aromatic rings. The number of carbonyl (C=O) groups excluding carboxylic acids is 1. The number of nitrogens with one attached hydrogen (secondary N) is 1. The van der Waals surface area contributed by atoms with E-state index in [4.69, 9.17) is 5.10 Å². The highest BCUT2D eigenvalue weighted by Crippen LogP contribution is 2.31. The number of aryl methyl sites for hydroxylation is 1. The molecule has 5 nitrogen and oxygen atoms in total. The number of hydrogen-bond donors (Lipinski definition) is 1. The second-order valence-corrected chi connectivity index (χ2v) is 7.64. The molecule has 26 heavy (non-hydrogen) atoms. The van der Waals surface area contributed by atoms with Gasteiger partial charge in [-0.2, -0.15) is 5.10 Å². The molecule has 0 aliphatic carbocycles. The molecule has 140 valence electrons. The maximum atomic E-state index is 12.6. The zero-order valence-corrected chi connectivity index (χ0v) is 16.2. The van der Waals surface area contributed by atoms with E-state index in [2.05, 4.69) is 42.3 Å². The Morgan fingerprint density at radius 1 is 1.31 bits per heavy atom. The van der Waals surface area contributed by atoms with Crippen molar-refractivity contribution in [2.75, 3.05) is 19.6 Å².